The number of benzene rings is 3. The first-order valence-corrected chi connectivity index (χ1v) is 10.0. The van der Waals surface area contributed by atoms with Gasteiger partial charge in [0, 0.05) is 5.56 Å². The molecule has 1 aromatic heterocycles. The Morgan fingerprint density at radius 2 is 1.72 bits per heavy atom. The van der Waals surface area contributed by atoms with Crippen molar-refractivity contribution in [3.63, 3.8) is 0 Å². The Morgan fingerprint density at radius 3 is 2.52 bits per heavy atom. The molecule has 0 saturated carbocycles. The molecular weight excluding hydrogens is 382 g/mol. The molecule has 6 heteroatoms. The molecule has 0 aliphatic rings. The molecule has 29 heavy (non-hydrogen) atoms. The van der Waals surface area contributed by atoms with Crippen molar-refractivity contribution >= 4 is 27.8 Å². The molecule has 5 nitrogen and oxygen atoms in total. The number of nitrogens with zero attached hydrogens (tertiary/aromatic N) is 3. The van der Waals surface area contributed by atoms with Crippen LogP contribution in [0.2, 0.25) is 0 Å². The van der Waals surface area contributed by atoms with Gasteiger partial charge in [0.15, 0.2) is 0 Å². The van der Waals surface area contributed by atoms with Crippen molar-refractivity contribution in [2.24, 2.45) is 10.2 Å². The van der Waals surface area contributed by atoms with Crippen molar-refractivity contribution in [3.8, 4) is 11.5 Å². The first-order chi connectivity index (χ1) is 14.3. The number of hydrogen-bond acceptors (Lipinski definition) is 5. The van der Waals surface area contributed by atoms with E-state index in [0.717, 1.165) is 33.9 Å². The van der Waals surface area contributed by atoms with E-state index in [4.69, 9.17) is 9.47 Å². The van der Waals surface area contributed by atoms with Crippen LogP contribution in [0.4, 0.5) is 0 Å². The minimum atomic E-state index is 0.721. The number of thiazole rings is 1. The lowest BCUT2D eigenvalue weighted by Gasteiger charge is -2.06. The number of rotatable bonds is 6. The van der Waals surface area contributed by atoms with Crippen LogP contribution in [-0.2, 0) is 6.54 Å². The molecule has 146 valence electrons. The summed E-state index contributed by atoms with van der Waals surface area (Å²) in [5.74, 6) is 1.46. The van der Waals surface area contributed by atoms with E-state index in [1.165, 1.54) is 10.3 Å². The second-order valence-electron chi connectivity index (χ2n) is 6.38. The van der Waals surface area contributed by atoms with Crippen molar-refractivity contribution < 1.29 is 9.47 Å². The molecule has 0 unspecified atom stereocenters. The minimum Gasteiger partial charge on any atom is -0.497 e. The zero-order valence-electron chi connectivity index (χ0n) is 16.3. The first-order valence-electron chi connectivity index (χ1n) is 9.20. The highest BCUT2D eigenvalue weighted by Gasteiger charge is 2.07. The van der Waals surface area contributed by atoms with Gasteiger partial charge in [0.05, 0.1) is 37.2 Å². The van der Waals surface area contributed by atoms with Crippen LogP contribution in [0.3, 0.4) is 0 Å². The van der Waals surface area contributed by atoms with E-state index in [9.17, 15) is 0 Å². The van der Waals surface area contributed by atoms with Crippen LogP contribution in [0, 0.1) is 0 Å². The van der Waals surface area contributed by atoms with Crippen molar-refractivity contribution in [1.29, 1.82) is 0 Å². The molecule has 0 N–H and O–H groups in total. The Hall–Kier alpha value is -3.38. The van der Waals surface area contributed by atoms with Crippen LogP contribution in [-0.4, -0.2) is 25.0 Å². The molecule has 4 aromatic rings. The van der Waals surface area contributed by atoms with E-state index in [-0.39, 0.29) is 0 Å². The summed E-state index contributed by atoms with van der Waals surface area (Å²) in [6.07, 6.45) is 1.69. The molecular formula is C23H21N3O2S. The van der Waals surface area contributed by atoms with Gasteiger partial charge in [0.25, 0.3) is 0 Å². The number of hydrogen-bond donors (Lipinski definition) is 0. The molecule has 0 bridgehead atoms. The third-order valence-corrected chi connectivity index (χ3v) is 5.60. The number of ether oxygens (including phenoxy) is 2. The van der Waals surface area contributed by atoms with Crippen molar-refractivity contribution in [1.82, 2.24) is 4.57 Å². The van der Waals surface area contributed by atoms with Crippen LogP contribution in [0.15, 0.2) is 83.0 Å². The third-order valence-electron chi connectivity index (χ3n) is 4.55. The van der Waals surface area contributed by atoms with Gasteiger partial charge in [-0.2, -0.15) is 5.10 Å². The predicted octanol–water partition coefficient (Wildman–Crippen LogP) is 4.70. The van der Waals surface area contributed by atoms with Gasteiger partial charge in [-0.3, -0.25) is 0 Å². The van der Waals surface area contributed by atoms with Gasteiger partial charge in [0.2, 0.25) is 4.80 Å². The Morgan fingerprint density at radius 1 is 0.931 bits per heavy atom. The molecule has 0 saturated heterocycles. The van der Waals surface area contributed by atoms with E-state index in [2.05, 4.69) is 51.2 Å². The van der Waals surface area contributed by atoms with Crippen molar-refractivity contribution in [3.05, 3.63) is 88.7 Å². The van der Waals surface area contributed by atoms with Crippen LogP contribution in [0.5, 0.6) is 11.5 Å². The van der Waals surface area contributed by atoms with E-state index in [1.54, 1.807) is 31.8 Å². The van der Waals surface area contributed by atoms with Gasteiger partial charge >= 0.3 is 0 Å². The summed E-state index contributed by atoms with van der Waals surface area (Å²) >= 11 is 1.62. The maximum atomic E-state index is 5.41. The van der Waals surface area contributed by atoms with E-state index in [1.807, 2.05) is 36.4 Å². The van der Waals surface area contributed by atoms with Crippen molar-refractivity contribution in [2.75, 3.05) is 14.2 Å². The standard InChI is InChI=1S/C23H21N3O2S/c1-27-19-12-13-21(28-2)18(14-19)15-24-25-23-26(16-17-8-4-3-5-9-17)20-10-6-7-11-22(20)29-23/h3-15H,16H2,1-2H3. The van der Waals surface area contributed by atoms with Gasteiger partial charge in [-0.1, -0.05) is 53.8 Å². The molecule has 0 spiro atoms. The molecule has 1 heterocycles. The molecule has 0 atom stereocenters. The van der Waals surface area contributed by atoms with E-state index in [0.29, 0.717) is 0 Å². The second-order valence-corrected chi connectivity index (χ2v) is 7.39. The quantitative estimate of drug-likeness (QED) is 0.346. The fraction of sp³-hybridized carbons (Fsp3) is 0.130. The summed E-state index contributed by atoms with van der Waals surface area (Å²) in [6.45, 7) is 0.738. The zero-order chi connectivity index (χ0) is 20.1. The summed E-state index contributed by atoms with van der Waals surface area (Å²) in [7, 11) is 3.27. The summed E-state index contributed by atoms with van der Waals surface area (Å²) < 4.78 is 14.1. The summed E-state index contributed by atoms with van der Waals surface area (Å²) in [6, 6.07) is 24.3. The Bertz CT molecular complexity index is 1210. The molecule has 4 rings (SSSR count). The molecule has 0 fully saturated rings. The van der Waals surface area contributed by atoms with Gasteiger partial charge < -0.3 is 14.0 Å². The predicted molar refractivity (Wildman–Crippen MR) is 118 cm³/mol. The summed E-state index contributed by atoms with van der Waals surface area (Å²) in [5.41, 5.74) is 3.18. The van der Waals surface area contributed by atoms with Crippen LogP contribution >= 0.6 is 11.3 Å². The highest BCUT2D eigenvalue weighted by molar-refractivity contribution is 7.16. The van der Waals surface area contributed by atoms with Crippen LogP contribution in [0.25, 0.3) is 10.2 Å². The Balaban J connectivity index is 1.75. The smallest absolute Gasteiger partial charge is 0.211 e. The van der Waals surface area contributed by atoms with Crippen molar-refractivity contribution in [2.45, 2.75) is 6.54 Å². The molecule has 0 amide bonds. The number of fused-ring (bicyclic) bond motifs is 1. The first kappa shape index (κ1) is 19.0. The maximum Gasteiger partial charge on any atom is 0.211 e. The number of para-hydroxylation sites is 1. The van der Waals surface area contributed by atoms with Crippen LogP contribution < -0.4 is 14.3 Å². The second kappa shape index (κ2) is 8.75. The van der Waals surface area contributed by atoms with Crippen LogP contribution in [0.1, 0.15) is 11.1 Å². The van der Waals surface area contributed by atoms with E-state index >= 15 is 0 Å². The molecule has 3 aromatic carbocycles. The van der Waals surface area contributed by atoms with E-state index < -0.39 is 0 Å². The lowest BCUT2D eigenvalue weighted by molar-refractivity contribution is 0.402. The summed E-state index contributed by atoms with van der Waals surface area (Å²) in [4.78, 5) is 0.841. The topological polar surface area (TPSA) is 48.1 Å². The number of methoxy groups -OCH3 is 2. The zero-order valence-corrected chi connectivity index (χ0v) is 17.1. The average molecular weight is 404 g/mol. The minimum absolute atomic E-state index is 0.721. The SMILES string of the molecule is COc1ccc(OC)c(C=NN=c2sc3ccccc3n2Cc2ccccc2)c1. The molecule has 0 aliphatic carbocycles. The lowest BCUT2D eigenvalue weighted by Crippen LogP contribution is -2.15. The number of aromatic nitrogens is 1. The fourth-order valence-electron chi connectivity index (χ4n) is 3.10. The molecule has 0 aliphatic heterocycles. The highest BCUT2D eigenvalue weighted by atomic mass is 32.1. The summed E-state index contributed by atoms with van der Waals surface area (Å²) in [5, 5.41) is 8.87. The van der Waals surface area contributed by atoms with Gasteiger partial charge in [-0.15, -0.1) is 5.10 Å². The highest BCUT2D eigenvalue weighted by Crippen LogP contribution is 2.22. The lowest BCUT2D eigenvalue weighted by atomic mass is 10.2. The Labute approximate surface area is 173 Å². The largest absolute Gasteiger partial charge is 0.497 e. The molecule has 0 radical (unpaired) electrons. The Kier molecular flexibility index (Phi) is 5.72. The monoisotopic (exact) mass is 403 g/mol. The van der Waals surface area contributed by atoms with Gasteiger partial charge in [-0.05, 0) is 35.9 Å². The average Bonchev–Trinajstić information content (AvgIpc) is 3.11. The third kappa shape index (κ3) is 4.22. The fourth-order valence-corrected chi connectivity index (χ4v) is 4.08. The maximum absolute atomic E-state index is 5.41. The van der Waals surface area contributed by atoms with Gasteiger partial charge in [-0.25, -0.2) is 0 Å². The normalized spacial score (nSPS) is 12.0. The van der Waals surface area contributed by atoms with Gasteiger partial charge in [0.1, 0.15) is 11.5 Å².